The van der Waals surface area contributed by atoms with Crippen LogP contribution in [0.1, 0.15) is 32.3 Å². The van der Waals surface area contributed by atoms with E-state index in [0.29, 0.717) is 30.5 Å². The van der Waals surface area contributed by atoms with Crippen molar-refractivity contribution in [3.05, 3.63) is 51.9 Å². The molecule has 9 nitrogen and oxygen atoms in total. The Bertz CT molecular complexity index is 1280. The summed E-state index contributed by atoms with van der Waals surface area (Å²) in [4.78, 5) is 23.5. The van der Waals surface area contributed by atoms with Crippen LogP contribution in [0.15, 0.2) is 40.2 Å². The molecule has 1 atom stereocenters. The maximum absolute atomic E-state index is 13.8. The van der Waals surface area contributed by atoms with Gasteiger partial charge in [-0.1, -0.05) is 13.8 Å². The molecule has 4 aliphatic heterocycles. The second kappa shape index (κ2) is 9.73. The van der Waals surface area contributed by atoms with Crippen LogP contribution >= 0.6 is 0 Å². The van der Waals surface area contributed by atoms with Crippen LogP contribution in [-0.2, 0) is 17.8 Å². The van der Waals surface area contributed by atoms with Crippen molar-refractivity contribution < 1.29 is 14.2 Å². The first-order valence-corrected chi connectivity index (χ1v) is 12.2. The second-order valence-corrected chi connectivity index (χ2v) is 9.58. The number of anilines is 1. The molecule has 35 heavy (non-hydrogen) atoms. The molecular weight excluding hydrogens is 446 g/mol. The maximum Gasteiger partial charge on any atom is 0.330 e. The Hall–Kier alpha value is -3.33. The highest BCUT2D eigenvalue weighted by molar-refractivity contribution is 5.71. The summed E-state index contributed by atoms with van der Waals surface area (Å²) < 4.78 is 20.0. The number of nitrogens with zero attached hydrogens (tertiary/aromatic N) is 4. The molecule has 186 valence electrons. The predicted octanol–water partition coefficient (Wildman–Crippen LogP) is 2.74. The zero-order valence-corrected chi connectivity index (χ0v) is 20.8. The summed E-state index contributed by atoms with van der Waals surface area (Å²) in [5, 5.41) is 4.33. The molecule has 1 fully saturated rings. The number of aromatic nitrogens is 3. The summed E-state index contributed by atoms with van der Waals surface area (Å²) in [6.07, 6.45) is 3.60. The van der Waals surface area contributed by atoms with Crippen molar-refractivity contribution in [1.29, 1.82) is 0 Å². The average Bonchev–Trinajstić information content (AvgIpc) is 3.33. The molecule has 1 N–H and O–H groups in total. The monoisotopic (exact) mass is 479 g/mol. The Labute approximate surface area is 204 Å². The molecule has 1 saturated heterocycles. The Morgan fingerprint density at radius 3 is 2.51 bits per heavy atom. The largest absolute Gasteiger partial charge is 0.497 e. The third kappa shape index (κ3) is 4.65. The first-order valence-electron chi connectivity index (χ1n) is 12.2. The third-order valence-electron chi connectivity index (χ3n) is 6.88. The van der Waals surface area contributed by atoms with Gasteiger partial charge < -0.3 is 19.5 Å². The molecule has 0 saturated carbocycles. The third-order valence-corrected chi connectivity index (χ3v) is 6.88. The molecule has 4 heterocycles. The lowest BCUT2D eigenvalue weighted by molar-refractivity contribution is 0.0863. The van der Waals surface area contributed by atoms with Crippen LogP contribution in [0.25, 0.3) is 11.4 Å². The van der Waals surface area contributed by atoms with Gasteiger partial charge in [-0.15, -0.1) is 0 Å². The zero-order chi connectivity index (χ0) is 24.5. The number of methoxy groups -OCH3 is 2. The van der Waals surface area contributed by atoms with Crippen LogP contribution in [-0.4, -0.2) is 53.6 Å². The molecular formula is C26H33N5O4. The molecule has 0 aliphatic carbocycles. The van der Waals surface area contributed by atoms with Gasteiger partial charge in [-0.2, -0.15) is 0 Å². The number of hydrogen-bond donors (Lipinski definition) is 1. The summed E-state index contributed by atoms with van der Waals surface area (Å²) in [5.74, 6) is 2.52. The minimum atomic E-state index is -0.0741. The minimum absolute atomic E-state index is 0.0741. The van der Waals surface area contributed by atoms with E-state index in [2.05, 4.69) is 19.2 Å². The molecule has 1 unspecified atom stereocenters. The highest BCUT2D eigenvalue weighted by Gasteiger charge is 2.31. The summed E-state index contributed by atoms with van der Waals surface area (Å²) in [6.45, 7) is 6.73. The number of rotatable bonds is 6. The molecule has 0 amide bonds. The molecule has 5 rings (SSSR count). The number of pyridine rings is 1. The Morgan fingerprint density at radius 1 is 1.14 bits per heavy atom. The van der Waals surface area contributed by atoms with Gasteiger partial charge in [0.1, 0.15) is 23.0 Å². The lowest BCUT2D eigenvalue weighted by Gasteiger charge is -2.20. The Morgan fingerprint density at radius 2 is 1.86 bits per heavy atom. The van der Waals surface area contributed by atoms with E-state index in [-0.39, 0.29) is 17.8 Å². The molecule has 0 radical (unpaired) electrons. The second-order valence-electron chi connectivity index (χ2n) is 9.58. The van der Waals surface area contributed by atoms with Crippen molar-refractivity contribution in [2.45, 2.75) is 51.9 Å². The fourth-order valence-corrected chi connectivity index (χ4v) is 4.80. The van der Waals surface area contributed by atoms with Crippen molar-refractivity contribution >= 4 is 5.82 Å². The van der Waals surface area contributed by atoms with Gasteiger partial charge in [-0.05, 0) is 42.5 Å². The average molecular weight is 480 g/mol. The predicted molar refractivity (Wildman–Crippen MR) is 133 cm³/mol. The Kier molecular flexibility index (Phi) is 6.51. The van der Waals surface area contributed by atoms with E-state index >= 15 is 0 Å². The lowest BCUT2D eigenvalue weighted by atomic mass is 10.1. The lowest BCUT2D eigenvalue weighted by Crippen LogP contribution is -2.34. The van der Waals surface area contributed by atoms with E-state index in [0.717, 1.165) is 54.2 Å². The van der Waals surface area contributed by atoms with E-state index in [9.17, 15) is 4.79 Å². The number of nitrogens with one attached hydrogen (secondary N) is 1. The quantitative estimate of drug-likeness (QED) is 0.585. The molecule has 0 aromatic heterocycles. The van der Waals surface area contributed by atoms with Crippen molar-refractivity contribution in [3.8, 4) is 22.9 Å². The summed E-state index contributed by atoms with van der Waals surface area (Å²) in [5.41, 5.74) is 2.36. The molecule has 9 heteroatoms. The first kappa shape index (κ1) is 23.4. The summed E-state index contributed by atoms with van der Waals surface area (Å²) in [7, 11) is 3.24. The van der Waals surface area contributed by atoms with Gasteiger partial charge in [0.05, 0.1) is 44.1 Å². The molecule has 0 spiro atoms. The van der Waals surface area contributed by atoms with Crippen LogP contribution in [0.5, 0.6) is 11.5 Å². The standard InChI is InChI=1S/C26H33N5O4/c1-16(2)22-15-31-25(29-22)24-23(11-19(13-27-24)28-18-5-7-35-8-6-18)30(26(31)32)14-17-9-20(33-3)12-21(10-17)34-4/h9-13,16,18,22,29H,5-8,14-15H2,1-4H3. The van der Waals surface area contributed by atoms with Gasteiger partial charge in [-0.25, -0.2) is 9.78 Å². The highest BCUT2D eigenvalue weighted by Crippen LogP contribution is 2.32. The fraction of sp³-hybridized carbons (Fsp3) is 0.500. The van der Waals surface area contributed by atoms with Crippen LogP contribution in [0.2, 0.25) is 0 Å². The van der Waals surface area contributed by atoms with Crippen molar-refractivity contribution in [3.63, 3.8) is 0 Å². The van der Waals surface area contributed by atoms with Crippen LogP contribution in [0, 0.1) is 5.92 Å². The van der Waals surface area contributed by atoms with Gasteiger partial charge in [0.15, 0.2) is 0 Å². The van der Waals surface area contributed by atoms with Gasteiger partial charge in [0, 0.05) is 31.9 Å². The van der Waals surface area contributed by atoms with E-state index in [1.165, 1.54) is 0 Å². The zero-order valence-electron chi connectivity index (χ0n) is 20.8. The van der Waals surface area contributed by atoms with Crippen LogP contribution in [0.4, 0.5) is 5.82 Å². The van der Waals surface area contributed by atoms with Crippen molar-refractivity contribution in [2.75, 3.05) is 32.8 Å². The Balaban J connectivity index is 1.66. The SMILES string of the molecule is COc1cc(Cn2c3cc(=NC4CCOCC4)cnc-3c3n(c2=O)CC(C(C)C)N3)cc(OC)c1. The summed E-state index contributed by atoms with van der Waals surface area (Å²) in [6, 6.07) is 8.05. The smallest absolute Gasteiger partial charge is 0.330 e. The maximum atomic E-state index is 13.8. The van der Waals surface area contributed by atoms with Crippen LogP contribution in [0.3, 0.4) is 0 Å². The van der Waals surface area contributed by atoms with Crippen molar-refractivity contribution in [1.82, 2.24) is 14.1 Å². The highest BCUT2D eigenvalue weighted by atomic mass is 16.5. The van der Waals surface area contributed by atoms with Crippen molar-refractivity contribution in [2.24, 2.45) is 10.9 Å². The normalized spacial score (nSPS) is 18.7. The first-order chi connectivity index (χ1) is 17.0. The van der Waals surface area contributed by atoms with Gasteiger partial charge in [-0.3, -0.25) is 14.1 Å². The molecule has 1 aromatic carbocycles. The van der Waals surface area contributed by atoms with E-state index in [1.807, 2.05) is 35.0 Å². The van der Waals surface area contributed by atoms with Gasteiger partial charge in [0.2, 0.25) is 0 Å². The molecule has 0 bridgehead atoms. The van der Waals surface area contributed by atoms with Crippen LogP contribution < -0.4 is 25.8 Å². The number of hydrogen-bond acceptors (Lipinski definition) is 7. The van der Waals surface area contributed by atoms with E-state index in [4.69, 9.17) is 24.2 Å². The number of ether oxygens (including phenoxy) is 3. The van der Waals surface area contributed by atoms with E-state index < -0.39 is 0 Å². The minimum Gasteiger partial charge on any atom is -0.497 e. The van der Waals surface area contributed by atoms with Gasteiger partial charge in [0.25, 0.3) is 0 Å². The molecule has 4 aliphatic rings. The van der Waals surface area contributed by atoms with Gasteiger partial charge >= 0.3 is 5.69 Å². The molecule has 1 aromatic rings. The number of fused-ring (bicyclic) bond motifs is 3. The fourth-order valence-electron chi connectivity index (χ4n) is 4.80. The number of benzene rings is 1. The van der Waals surface area contributed by atoms with E-state index in [1.54, 1.807) is 18.8 Å². The topological polar surface area (TPSA) is 91.9 Å². The summed E-state index contributed by atoms with van der Waals surface area (Å²) >= 11 is 0.